The molecule has 0 saturated heterocycles. The van der Waals surface area contributed by atoms with Crippen LogP contribution in [-0.2, 0) is 4.87 Å². The number of rotatable bonds is 1. The third-order valence-corrected chi connectivity index (χ3v) is 4.52. The summed E-state index contributed by atoms with van der Waals surface area (Å²) >= 11 is 8.14. The molecule has 2 atom stereocenters. The molecule has 60 valence electrons. The Balaban J connectivity index is 2.32. The molecule has 0 N–H and O–H groups in total. The van der Waals surface area contributed by atoms with Gasteiger partial charge in [0.15, 0.2) is 0 Å². The van der Waals surface area contributed by atoms with Gasteiger partial charge >= 0.3 is 0 Å². The van der Waals surface area contributed by atoms with Gasteiger partial charge in [0.2, 0.25) is 0 Å². The molecule has 0 nitrogen and oxygen atoms in total. The highest BCUT2D eigenvalue weighted by molar-refractivity contribution is 7.08. The van der Waals surface area contributed by atoms with Gasteiger partial charge in [-0.2, -0.15) is 11.3 Å². The molecule has 0 radical (unpaired) electrons. The third kappa shape index (κ3) is 0.875. The summed E-state index contributed by atoms with van der Waals surface area (Å²) in [4.78, 5) is -0.0278. The molecule has 2 heteroatoms. The van der Waals surface area contributed by atoms with E-state index in [0.717, 1.165) is 0 Å². The van der Waals surface area contributed by atoms with E-state index in [2.05, 4.69) is 30.7 Å². The van der Waals surface area contributed by atoms with E-state index in [0.29, 0.717) is 11.8 Å². The Hall–Kier alpha value is -0.0100. The summed E-state index contributed by atoms with van der Waals surface area (Å²) in [5.41, 5.74) is 1.31. The summed E-state index contributed by atoms with van der Waals surface area (Å²) in [6, 6.07) is 2.14. The van der Waals surface area contributed by atoms with E-state index in [9.17, 15) is 0 Å². The van der Waals surface area contributed by atoms with E-state index < -0.39 is 0 Å². The molecular weight excluding hydrogens is 176 g/mol. The number of alkyl halides is 1. The molecule has 2 rings (SSSR count). The highest BCUT2D eigenvalue weighted by atomic mass is 35.5. The van der Waals surface area contributed by atoms with Gasteiger partial charge < -0.3 is 0 Å². The first-order chi connectivity index (χ1) is 5.17. The zero-order chi connectivity index (χ0) is 8.06. The first-order valence-corrected chi connectivity index (χ1v) is 5.21. The number of hydrogen-bond donors (Lipinski definition) is 0. The van der Waals surface area contributed by atoms with Gasteiger partial charge in [-0.15, -0.1) is 11.6 Å². The molecule has 0 bridgehead atoms. The molecule has 1 aliphatic carbocycles. The second-order valence-electron chi connectivity index (χ2n) is 3.36. The highest BCUT2D eigenvalue weighted by Crippen LogP contribution is 2.62. The van der Waals surface area contributed by atoms with Crippen LogP contribution in [0.3, 0.4) is 0 Å². The zero-order valence-corrected chi connectivity index (χ0v) is 8.25. The average Bonchev–Trinajstić information content (AvgIpc) is 2.52. The summed E-state index contributed by atoms with van der Waals surface area (Å²) in [7, 11) is 0. The van der Waals surface area contributed by atoms with Gasteiger partial charge in [-0.25, -0.2) is 0 Å². The van der Waals surface area contributed by atoms with E-state index in [1.165, 1.54) is 5.56 Å². The predicted molar refractivity (Wildman–Crippen MR) is 50.2 cm³/mol. The van der Waals surface area contributed by atoms with E-state index in [1.807, 2.05) is 0 Å². The second-order valence-corrected chi connectivity index (χ2v) is 4.76. The van der Waals surface area contributed by atoms with Crippen LogP contribution in [0, 0.1) is 11.8 Å². The SMILES string of the molecule is C[C@@H]1[C@@H](C)C1(Cl)c1ccsc1. The molecule has 0 amide bonds. The molecule has 1 fully saturated rings. The summed E-state index contributed by atoms with van der Waals surface area (Å²) in [5, 5.41) is 4.25. The fourth-order valence-corrected chi connectivity index (χ4v) is 2.95. The minimum Gasteiger partial charge on any atom is -0.152 e. The zero-order valence-electron chi connectivity index (χ0n) is 6.67. The van der Waals surface area contributed by atoms with Crippen LogP contribution in [0.5, 0.6) is 0 Å². The van der Waals surface area contributed by atoms with Gasteiger partial charge in [-0.05, 0) is 34.2 Å². The molecule has 0 aromatic carbocycles. The van der Waals surface area contributed by atoms with Crippen LogP contribution in [0.15, 0.2) is 16.8 Å². The standard InChI is InChI=1S/C9H11ClS/c1-6-7(2)9(6,10)8-3-4-11-5-8/h3-7H,1-2H3/t6-,7-/m1/s1. The van der Waals surface area contributed by atoms with Crippen molar-refractivity contribution in [2.24, 2.45) is 11.8 Å². The van der Waals surface area contributed by atoms with Gasteiger partial charge in [0.25, 0.3) is 0 Å². The van der Waals surface area contributed by atoms with Crippen molar-refractivity contribution in [2.75, 3.05) is 0 Å². The van der Waals surface area contributed by atoms with Gasteiger partial charge in [0.1, 0.15) is 0 Å². The molecule has 1 aliphatic rings. The van der Waals surface area contributed by atoms with Crippen LogP contribution in [0.2, 0.25) is 0 Å². The second kappa shape index (κ2) is 2.24. The Morgan fingerprint density at radius 3 is 2.45 bits per heavy atom. The molecule has 1 heterocycles. The van der Waals surface area contributed by atoms with Gasteiger partial charge in [-0.1, -0.05) is 13.8 Å². The smallest absolute Gasteiger partial charge is 0.0760 e. The van der Waals surface area contributed by atoms with Crippen molar-refractivity contribution in [2.45, 2.75) is 18.7 Å². The highest BCUT2D eigenvalue weighted by Gasteiger charge is 2.59. The quantitative estimate of drug-likeness (QED) is 0.590. The first kappa shape index (κ1) is 7.63. The maximum absolute atomic E-state index is 6.42. The predicted octanol–water partition coefficient (Wildman–Crippen LogP) is 3.47. The molecule has 1 saturated carbocycles. The van der Waals surface area contributed by atoms with Crippen LogP contribution >= 0.6 is 22.9 Å². The van der Waals surface area contributed by atoms with Crippen molar-refractivity contribution in [1.82, 2.24) is 0 Å². The molecule has 1 aromatic heterocycles. The largest absolute Gasteiger partial charge is 0.152 e. The van der Waals surface area contributed by atoms with E-state index in [-0.39, 0.29) is 4.87 Å². The van der Waals surface area contributed by atoms with Crippen molar-refractivity contribution in [3.8, 4) is 0 Å². The van der Waals surface area contributed by atoms with Crippen molar-refractivity contribution in [3.05, 3.63) is 22.4 Å². The lowest BCUT2D eigenvalue weighted by molar-refractivity contribution is 0.834. The Morgan fingerprint density at radius 1 is 1.45 bits per heavy atom. The minimum atomic E-state index is -0.0278. The lowest BCUT2D eigenvalue weighted by atomic mass is 10.2. The minimum absolute atomic E-state index is 0.0278. The lowest BCUT2D eigenvalue weighted by Crippen LogP contribution is -1.97. The lowest BCUT2D eigenvalue weighted by Gasteiger charge is -2.03. The van der Waals surface area contributed by atoms with Crippen LogP contribution in [-0.4, -0.2) is 0 Å². The van der Waals surface area contributed by atoms with Gasteiger partial charge in [0.05, 0.1) is 4.87 Å². The monoisotopic (exact) mass is 186 g/mol. The van der Waals surface area contributed by atoms with E-state index in [4.69, 9.17) is 11.6 Å². The maximum Gasteiger partial charge on any atom is 0.0760 e. The molecule has 0 aliphatic heterocycles. The first-order valence-electron chi connectivity index (χ1n) is 3.89. The fraction of sp³-hybridized carbons (Fsp3) is 0.556. The van der Waals surface area contributed by atoms with Crippen LogP contribution in [0.1, 0.15) is 19.4 Å². The Morgan fingerprint density at radius 2 is 2.09 bits per heavy atom. The van der Waals surface area contributed by atoms with Crippen LogP contribution in [0.25, 0.3) is 0 Å². The Bertz CT molecular complexity index is 245. The summed E-state index contributed by atoms with van der Waals surface area (Å²) in [6.45, 7) is 4.44. The fourth-order valence-electron chi connectivity index (χ4n) is 1.73. The average molecular weight is 187 g/mol. The normalized spacial score (nSPS) is 42.5. The number of halogens is 1. The van der Waals surface area contributed by atoms with Crippen molar-refractivity contribution >= 4 is 22.9 Å². The topological polar surface area (TPSA) is 0 Å². The van der Waals surface area contributed by atoms with Crippen molar-refractivity contribution < 1.29 is 0 Å². The van der Waals surface area contributed by atoms with Crippen LogP contribution in [0.4, 0.5) is 0 Å². The Labute approximate surface area is 76.2 Å². The summed E-state index contributed by atoms with van der Waals surface area (Å²) < 4.78 is 0. The Kier molecular flexibility index (Phi) is 1.55. The summed E-state index contributed by atoms with van der Waals surface area (Å²) in [6.07, 6.45) is 0. The van der Waals surface area contributed by atoms with Crippen molar-refractivity contribution in [3.63, 3.8) is 0 Å². The molecule has 1 aromatic rings. The molecule has 0 spiro atoms. The number of thiophene rings is 1. The van der Waals surface area contributed by atoms with Gasteiger partial charge in [0, 0.05) is 0 Å². The molecular formula is C9H11ClS. The van der Waals surface area contributed by atoms with E-state index >= 15 is 0 Å². The van der Waals surface area contributed by atoms with Crippen molar-refractivity contribution in [1.29, 1.82) is 0 Å². The molecule has 11 heavy (non-hydrogen) atoms. The van der Waals surface area contributed by atoms with E-state index in [1.54, 1.807) is 11.3 Å². The third-order valence-electron chi connectivity index (χ3n) is 2.93. The van der Waals surface area contributed by atoms with Crippen LogP contribution < -0.4 is 0 Å². The van der Waals surface area contributed by atoms with Gasteiger partial charge in [-0.3, -0.25) is 0 Å². The maximum atomic E-state index is 6.42. The molecule has 0 unspecified atom stereocenters. The number of hydrogen-bond acceptors (Lipinski definition) is 1. The summed E-state index contributed by atoms with van der Waals surface area (Å²) in [5.74, 6) is 1.28.